The summed E-state index contributed by atoms with van der Waals surface area (Å²) in [5.74, 6) is 0. The highest BCUT2D eigenvalue weighted by atomic mass is 79.9. The lowest BCUT2D eigenvalue weighted by Crippen LogP contribution is -1.97. The van der Waals surface area contributed by atoms with E-state index in [4.69, 9.17) is 0 Å². The molecule has 2 aromatic heterocycles. The van der Waals surface area contributed by atoms with E-state index in [1.807, 2.05) is 6.92 Å². The Bertz CT molecular complexity index is 718. The maximum atomic E-state index is 4.53. The Kier molecular flexibility index (Phi) is 4.19. The number of rotatable bonds is 4. The van der Waals surface area contributed by atoms with Crippen molar-refractivity contribution in [2.75, 3.05) is 5.32 Å². The molecular weight excluding hydrogens is 352 g/mol. The number of hydrogen-bond acceptors (Lipinski definition) is 4. The van der Waals surface area contributed by atoms with Crippen molar-refractivity contribution in [2.24, 2.45) is 0 Å². The predicted molar refractivity (Wildman–Crippen MR) is 91.6 cm³/mol. The smallest absolute Gasteiger partial charge is 0.0901 e. The van der Waals surface area contributed by atoms with E-state index < -0.39 is 0 Å². The van der Waals surface area contributed by atoms with Gasteiger partial charge in [0.25, 0.3) is 0 Å². The van der Waals surface area contributed by atoms with E-state index in [1.165, 1.54) is 9.35 Å². The van der Waals surface area contributed by atoms with E-state index in [0.29, 0.717) is 0 Å². The third-order valence-electron chi connectivity index (χ3n) is 2.92. The van der Waals surface area contributed by atoms with Crippen LogP contribution < -0.4 is 5.32 Å². The minimum Gasteiger partial charge on any atom is -0.380 e. The fourth-order valence-electron chi connectivity index (χ4n) is 1.92. The summed E-state index contributed by atoms with van der Waals surface area (Å²) in [5, 5.41) is 8.75. The molecule has 2 heterocycles. The minimum absolute atomic E-state index is 0.831. The van der Waals surface area contributed by atoms with Gasteiger partial charge >= 0.3 is 0 Å². The number of thiazole rings is 1. The normalized spacial score (nSPS) is 10.7. The van der Waals surface area contributed by atoms with Crippen molar-refractivity contribution in [1.29, 1.82) is 0 Å². The molecule has 0 unspecified atom stereocenters. The first-order chi connectivity index (χ1) is 9.72. The van der Waals surface area contributed by atoms with Crippen molar-refractivity contribution in [3.63, 3.8) is 0 Å². The summed E-state index contributed by atoms with van der Waals surface area (Å²) in [7, 11) is 0. The average Bonchev–Trinajstić information content (AvgIpc) is 3.06. The molecule has 0 aliphatic heterocycles. The zero-order valence-corrected chi connectivity index (χ0v) is 14.1. The van der Waals surface area contributed by atoms with Crippen molar-refractivity contribution in [1.82, 2.24) is 4.98 Å². The van der Waals surface area contributed by atoms with Crippen LogP contribution in [0, 0.1) is 6.92 Å². The number of nitrogens with zero attached hydrogens (tertiary/aromatic N) is 1. The van der Waals surface area contributed by atoms with Gasteiger partial charge in [0.15, 0.2) is 0 Å². The molecule has 5 heteroatoms. The molecule has 0 fully saturated rings. The van der Waals surface area contributed by atoms with Crippen LogP contribution in [0.1, 0.15) is 9.88 Å². The molecule has 0 saturated heterocycles. The molecule has 0 bridgehead atoms. The van der Waals surface area contributed by atoms with Crippen LogP contribution in [0.25, 0.3) is 11.3 Å². The number of thiophene rings is 1. The van der Waals surface area contributed by atoms with Crippen molar-refractivity contribution < 1.29 is 0 Å². The Morgan fingerprint density at radius 2 is 2.15 bits per heavy atom. The van der Waals surface area contributed by atoms with Gasteiger partial charge in [-0.3, -0.25) is 0 Å². The highest BCUT2D eigenvalue weighted by molar-refractivity contribution is 9.10. The van der Waals surface area contributed by atoms with Gasteiger partial charge in [-0.2, -0.15) is 0 Å². The second-order valence-corrected chi connectivity index (χ2v) is 7.30. The summed E-state index contributed by atoms with van der Waals surface area (Å²) < 4.78 is 1.17. The minimum atomic E-state index is 0.831. The highest BCUT2D eigenvalue weighted by Gasteiger charge is 2.04. The molecule has 3 aromatic rings. The molecule has 0 atom stereocenters. The first-order valence-electron chi connectivity index (χ1n) is 6.21. The number of halogens is 1. The standard InChI is InChI=1S/C15H13BrN2S2/c1-10-18-14(9-20-10)11-3-2-4-12(7-11)17-8-15-13(16)5-6-19-15/h2-7,9,17H,8H2,1H3. The van der Waals surface area contributed by atoms with Crippen LogP contribution in [0.5, 0.6) is 0 Å². The molecule has 2 nitrogen and oxygen atoms in total. The molecule has 0 aliphatic carbocycles. The Hall–Kier alpha value is -1.17. The van der Waals surface area contributed by atoms with Gasteiger partial charge in [-0.25, -0.2) is 4.98 Å². The lowest BCUT2D eigenvalue weighted by molar-refractivity contribution is 1.18. The summed E-state index contributed by atoms with van der Waals surface area (Å²) >= 11 is 6.99. The molecule has 102 valence electrons. The number of nitrogens with one attached hydrogen (secondary N) is 1. The molecule has 1 N–H and O–H groups in total. The van der Waals surface area contributed by atoms with Crippen LogP contribution in [-0.2, 0) is 6.54 Å². The Balaban J connectivity index is 1.76. The summed E-state index contributed by atoms with van der Waals surface area (Å²) in [6.07, 6.45) is 0. The molecule has 0 spiro atoms. The van der Waals surface area contributed by atoms with Gasteiger partial charge in [0, 0.05) is 26.0 Å². The topological polar surface area (TPSA) is 24.9 Å². The molecule has 0 amide bonds. The van der Waals surface area contributed by atoms with Gasteiger partial charge in [-0.1, -0.05) is 12.1 Å². The first-order valence-corrected chi connectivity index (χ1v) is 8.76. The second-order valence-electron chi connectivity index (χ2n) is 4.38. The van der Waals surface area contributed by atoms with Crippen LogP contribution >= 0.6 is 38.6 Å². The van der Waals surface area contributed by atoms with Gasteiger partial charge in [-0.05, 0) is 46.4 Å². The lowest BCUT2D eigenvalue weighted by atomic mass is 10.1. The molecule has 20 heavy (non-hydrogen) atoms. The Morgan fingerprint density at radius 1 is 1.25 bits per heavy atom. The van der Waals surface area contributed by atoms with E-state index in [9.17, 15) is 0 Å². The van der Waals surface area contributed by atoms with Crippen molar-refractivity contribution in [3.05, 3.63) is 55.4 Å². The van der Waals surface area contributed by atoms with Crippen LogP contribution in [-0.4, -0.2) is 4.98 Å². The summed E-state index contributed by atoms with van der Waals surface area (Å²) in [5.41, 5.74) is 3.33. The van der Waals surface area contributed by atoms with Crippen LogP contribution in [0.3, 0.4) is 0 Å². The number of aromatic nitrogens is 1. The first kappa shape index (κ1) is 13.8. The number of benzene rings is 1. The fourth-order valence-corrected chi connectivity index (χ4v) is 3.97. The van der Waals surface area contributed by atoms with E-state index in [-0.39, 0.29) is 0 Å². The van der Waals surface area contributed by atoms with Crippen LogP contribution in [0.2, 0.25) is 0 Å². The number of anilines is 1. The molecule has 3 rings (SSSR count). The van der Waals surface area contributed by atoms with Gasteiger partial charge in [0.2, 0.25) is 0 Å². The van der Waals surface area contributed by atoms with Crippen LogP contribution in [0.15, 0.2) is 45.6 Å². The van der Waals surface area contributed by atoms with E-state index in [2.05, 4.69) is 67.3 Å². The van der Waals surface area contributed by atoms with E-state index >= 15 is 0 Å². The SMILES string of the molecule is Cc1nc(-c2cccc(NCc3sccc3Br)c2)cs1. The largest absolute Gasteiger partial charge is 0.380 e. The molecule has 0 saturated carbocycles. The van der Waals surface area contributed by atoms with Gasteiger partial charge in [0.05, 0.1) is 17.2 Å². The van der Waals surface area contributed by atoms with E-state index in [1.54, 1.807) is 22.7 Å². The number of aryl methyl sites for hydroxylation is 1. The zero-order valence-electron chi connectivity index (χ0n) is 10.9. The van der Waals surface area contributed by atoms with E-state index in [0.717, 1.165) is 28.5 Å². The van der Waals surface area contributed by atoms with Crippen LogP contribution in [0.4, 0.5) is 5.69 Å². The summed E-state index contributed by atoms with van der Waals surface area (Å²) in [6, 6.07) is 10.5. The monoisotopic (exact) mass is 364 g/mol. The Morgan fingerprint density at radius 3 is 2.85 bits per heavy atom. The summed E-state index contributed by atoms with van der Waals surface area (Å²) in [6.45, 7) is 2.86. The quantitative estimate of drug-likeness (QED) is 0.655. The highest BCUT2D eigenvalue weighted by Crippen LogP contribution is 2.26. The van der Waals surface area contributed by atoms with Gasteiger partial charge in [-0.15, -0.1) is 22.7 Å². The third kappa shape index (κ3) is 3.11. The Labute approximate surface area is 134 Å². The average molecular weight is 365 g/mol. The van der Waals surface area contributed by atoms with Gasteiger partial charge in [0.1, 0.15) is 0 Å². The molecule has 0 aliphatic rings. The molecular formula is C15H13BrN2S2. The fraction of sp³-hybridized carbons (Fsp3) is 0.133. The van der Waals surface area contributed by atoms with Crippen molar-refractivity contribution in [3.8, 4) is 11.3 Å². The third-order valence-corrected chi connectivity index (χ3v) is 5.62. The number of hydrogen-bond donors (Lipinski definition) is 1. The lowest BCUT2D eigenvalue weighted by Gasteiger charge is -2.07. The van der Waals surface area contributed by atoms with Crippen molar-refractivity contribution in [2.45, 2.75) is 13.5 Å². The zero-order chi connectivity index (χ0) is 13.9. The summed E-state index contributed by atoms with van der Waals surface area (Å²) in [4.78, 5) is 5.84. The maximum absolute atomic E-state index is 4.53. The molecule has 1 aromatic carbocycles. The van der Waals surface area contributed by atoms with Gasteiger partial charge < -0.3 is 5.32 Å². The van der Waals surface area contributed by atoms with Crippen molar-refractivity contribution >= 4 is 44.3 Å². The second kappa shape index (κ2) is 6.08. The predicted octanol–water partition coefficient (Wildman–Crippen LogP) is 5.55. The maximum Gasteiger partial charge on any atom is 0.0901 e. The molecule has 0 radical (unpaired) electrons.